The Balaban J connectivity index is 2.40. The van der Waals surface area contributed by atoms with E-state index in [9.17, 15) is 18.0 Å². The second-order valence-electron chi connectivity index (χ2n) is 4.53. The Kier molecular flexibility index (Phi) is 7.04. The minimum absolute atomic E-state index is 0.0296. The summed E-state index contributed by atoms with van der Waals surface area (Å²) in [7, 11) is 0. The molecule has 1 aromatic rings. The molecule has 1 unspecified atom stereocenters. The molecule has 7 heteroatoms. The first kappa shape index (κ1) is 17.8. The van der Waals surface area contributed by atoms with Crippen LogP contribution in [0.3, 0.4) is 0 Å². The number of benzene rings is 1. The highest BCUT2D eigenvalue weighted by Gasteiger charge is 2.27. The van der Waals surface area contributed by atoms with E-state index in [4.69, 9.17) is 0 Å². The highest BCUT2D eigenvalue weighted by molar-refractivity contribution is 8.00. The summed E-state index contributed by atoms with van der Waals surface area (Å²) in [4.78, 5) is 12.1. The second-order valence-corrected chi connectivity index (χ2v) is 5.58. The van der Waals surface area contributed by atoms with Gasteiger partial charge >= 0.3 is 6.18 Å². The third kappa shape index (κ3) is 7.38. The molecule has 1 amide bonds. The standard InChI is InChI=1S/C14H19F3N2OS/c1-3-18-10(2)11-4-6-12(7-5-11)21-8-13(20)19-9-14(15,16)17/h4-7,10,18H,3,8-9H2,1-2H3,(H,19,20). The number of alkyl halides is 3. The molecular formula is C14H19F3N2OS. The van der Waals surface area contributed by atoms with Crippen molar-refractivity contribution in [1.29, 1.82) is 0 Å². The Bertz CT molecular complexity index is 449. The normalized spacial score (nSPS) is 13.0. The molecule has 1 atom stereocenters. The van der Waals surface area contributed by atoms with Gasteiger partial charge < -0.3 is 10.6 Å². The lowest BCUT2D eigenvalue weighted by atomic mass is 10.1. The highest BCUT2D eigenvalue weighted by Crippen LogP contribution is 2.21. The van der Waals surface area contributed by atoms with Crippen LogP contribution in [0.1, 0.15) is 25.5 Å². The van der Waals surface area contributed by atoms with Crippen molar-refractivity contribution in [3.8, 4) is 0 Å². The number of rotatable bonds is 7. The number of thioether (sulfide) groups is 1. The molecule has 0 saturated carbocycles. The SMILES string of the molecule is CCNC(C)c1ccc(SCC(=O)NCC(F)(F)F)cc1. The topological polar surface area (TPSA) is 41.1 Å². The van der Waals surface area contributed by atoms with Crippen molar-refractivity contribution in [2.24, 2.45) is 0 Å². The van der Waals surface area contributed by atoms with Crippen LogP contribution in [-0.4, -0.2) is 30.9 Å². The summed E-state index contributed by atoms with van der Waals surface area (Å²) in [5.41, 5.74) is 1.13. The molecule has 0 bridgehead atoms. The van der Waals surface area contributed by atoms with Gasteiger partial charge in [-0.15, -0.1) is 11.8 Å². The minimum atomic E-state index is -4.37. The molecule has 0 fully saturated rings. The third-order valence-electron chi connectivity index (χ3n) is 2.75. The molecule has 1 rings (SSSR count). The van der Waals surface area contributed by atoms with Gasteiger partial charge in [-0.3, -0.25) is 4.79 Å². The van der Waals surface area contributed by atoms with E-state index in [0.29, 0.717) is 0 Å². The van der Waals surface area contributed by atoms with Crippen molar-refractivity contribution in [3.05, 3.63) is 29.8 Å². The molecule has 0 saturated heterocycles. The summed E-state index contributed by atoms with van der Waals surface area (Å²) in [6.45, 7) is 3.67. The minimum Gasteiger partial charge on any atom is -0.346 e. The molecule has 21 heavy (non-hydrogen) atoms. The van der Waals surface area contributed by atoms with Crippen LogP contribution >= 0.6 is 11.8 Å². The monoisotopic (exact) mass is 320 g/mol. The zero-order valence-corrected chi connectivity index (χ0v) is 12.8. The lowest BCUT2D eigenvalue weighted by Crippen LogP contribution is -2.34. The van der Waals surface area contributed by atoms with Gasteiger partial charge in [0.05, 0.1) is 5.75 Å². The van der Waals surface area contributed by atoms with Gasteiger partial charge in [-0.1, -0.05) is 19.1 Å². The molecule has 0 aliphatic carbocycles. The number of amides is 1. The summed E-state index contributed by atoms with van der Waals surface area (Å²) < 4.78 is 35.8. The fraction of sp³-hybridized carbons (Fsp3) is 0.500. The molecule has 0 aromatic heterocycles. The third-order valence-corrected chi connectivity index (χ3v) is 3.76. The number of nitrogens with one attached hydrogen (secondary N) is 2. The number of halogens is 3. The van der Waals surface area contributed by atoms with Gasteiger partial charge in [-0.2, -0.15) is 13.2 Å². The van der Waals surface area contributed by atoms with E-state index >= 15 is 0 Å². The first-order valence-corrected chi connectivity index (χ1v) is 7.60. The predicted octanol–water partition coefficient (Wildman–Crippen LogP) is 3.13. The summed E-state index contributed by atoms with van der Waals surface area (Å²) >= 11 is 1.21. The van der Waals surface area contributed by atoms with Gasteiger partial charge in [0.2, 0.25) is 5.91 Å². The maximum absolute atomic E-state index is 11.9. The lowest BCUT2D eigenvalue weighted by Gasteiger charge is -2.13. The average Bonchev–Trinajstić information content (AvgIpc) is 2.43. The molecule has 3 nitrogen and oxygen atoms in total. The van der Waals surface area contributed by atoms with E-state index in [2.05, 4.69) is 12.2 Å². The van der Waals surface area contributed by atoms with E-state index in [-0.39, 0.29) is 11.8 Å². The fourth-order valence-corrected chi connectivity index (χ4v) is 2.40. The van der Waals surface area contributed by atoms with E-state index in [1.165, 1.54) is 11.8 Å². The number of carbonyl (C=O) groups is 1. The summed E-state index contributed by atoms with van der Waals surface area (Å²) in [6.07, 6.45) is -4.37. The van der Waals surface area contributed by atoms with Crippen molar-refractivity contribution in [2.45, 2.75) is 31.0 Å². The molecule has 1 aromatic carbocycles. The second kappa shape index (κ2) is 8.29. The summed E-state index contributed by atoms with van der Waals surface area (Å²) in [6, 6.07) is 7.87. The van der Waals surface area contributed by atoms with E-state index in [1.807, 2.05) is 36.5 Å². The van der Waals surface area contributed by atoms with Crippen molar-refractivity contribution in [1.82, 2.24) is 10.6 Å². The zero-order valence-electron chi connectivity index (χ0n) is 12.0. The van der Waals surface area contributed by atoms with E-state index in [1.54, 1.807) is 0 Å². The van der Waals surface area contributed by atoms with Crippen LogP contribution in [0.4, 0.5) is 13.2 Å². The van der Waals surface area contributed by atoms with Crippen LogP contribution in [0, 0.1) is 0 Å². The predicted molar refractivity (Wildman–Crippen MR) is 78.3 cm³/mol. The molecular weight excluding hydrogens is 301 g/mol. The first-order chi connectivity index (χ1) is 9.81. The molecule has 118 valence electrons. The Labute approximate surface area is 126 Å². The van der Waals surface area contributed by atoms with E-state index < -0.39 is 18.6 Å². The Morgan fingerprint density at radius 1 is 1.29 bits per heavy atom. The van der Waals surface area contributed by atoms with Gasteiger partial charge in [0.1, 0.15) is 6.54 Å². The van der Waals surface area contributed by atoms with Crippen LogP contribution in [0.2, 0.25) is 0 Å². The van der Waals surface area contributed by atoms with Crippen molar-refractivity contribution in [3.63, 3.8) is 0 Å². The first-order valence-electron chi connectivity index (χ1n) is 6.61. The molecule has 0 spiro atoms. The maximum atomic E-state index is 11.9. The number of carbonyl (C=O) groups excluding carboxylic acids is 1. The van der Waals surface area contributed by atoms with Gasteiger partial charge in [0, 0.05) is 10.9 Å². The van der Waals surface area contributed by atoms with Gasteiger partial charge in [-0.25, -0.2) is 0 Å². The molecule has 2 N–H and O–H groups in total. The van der Waals surface area contributed by atoms with Crippen LogP contribution in [0.15, 0.2) is 29.2 Å². The van der Waals surface area contributed by atoms with Crippen molar-refractivity contribution >= 4 is 17.7 Å². The zero-order chi connectivity index (χ0) is 15.9. The van der Waals surface area contributed by atoms with Crippen LogP contribution in [0.25, 0.3) is 0 Å². The van der Waals surface area contributed by atoms with Gasteiger partial charge in [-0.05, 0) is 31.2 Å². The van der Waals surface area contributed by atoms with Crippen LogP contribution in [0.5, 0.6) is 0 Å². The summed E-state index contributed by atoms with van der Waals surface area (Å²) in [5, 5.41) is 5.13. The van der Waals surface area contributed by atoms with Crippen molar-refractivity contribution < 1.29 is 18.0 Å². The molecule has 0 heterocycles. The smallest absolute Gasteiger partial charge is 0.346 e. The van der Waals surface area contributed by atoms with E-state index in [0.717, 1.165) is 17.0 Å². The largest absolute Gasteiger partial charge is 0.405 e. The number of hydrogen-bond donors (Lipinski definition) is 2. The molecule has 0 aliphatic rings. The number of hydrogen-bond acceptors (Lipinski definition) is 3. The van der Waals surface area contributed by atoms with Gasteiger partial charge in [0.15, 0.2) is 0 Å². The molecule has 0 aliphatic heterocycles. The summed E-state index contributed by atoms with van der Waals surface area (Å²) in [5.74, 6) is -0.652. The van der Waals surface area contributed by atoms with Crippen molar-refractivity contribution in [2.75, 3.05) is 18.8 Å². The Hall–Kier alpha value is -1.21. The fourth-order valence-electron chi connectivity index (χ4n) is 1.68. The average molecular weight is 320 g/mol. The quantitative estimate of drug-likeness (QED) is 0.759. The molecule has 0 radical (unpaired) electrons. The Morgan fingerprint density at radius 3 is 2.43 bits per heavy atom. The van der Waals surface area contributed by atoms with Gasteiger partial charge in [0.25, 0.3) is 0 Å². The maximum Gasteiger partial charge on any atom is 0.405 e. The van der Waals surface area contributed by atoms with Crippen LogP contribution < -0.4 is 10.6 Å². The lowest BCUT2D eigenvalue weighted by molar-refractivity contribution is -0.136. The van der Waals surface area contributed by atoms with Crippen LogP contribution in [-0.2, 0) is 4.79 Å². The highest BCUT2D eigenvalue weighted by atomic mass is 32.2. The Morgan fingerprint density at radius 2 is 1.90 bits per heavy atom.